The highest BCUT2D eigenvalue weighted by atomic mass is 16.3. The summed E-state index contributed by atoms with van der Waals surface area (Å²) in [6.45, 7) is 13.8. The molecule has 0 aliphatic carbocycles. The Morgan fingerprint density at radius 2 is 1.00 bits per heavy atom. The molecule has 0 saturated carbocycles. The Kier molecular flexibility index (Phi) is 14.3. The Hall–Kier alpha value is -1.80. The monoisotopic (exact) mass is 524 g/mol. The number of benzene rings is 2. The molecule has 0 amide bonds. The summed E-state index contributed by atoms with van der Waals surface area (Å²) in [5.41, 5.74) is 2.54. The van der Waals surface area contributed by atoms with Crippen molar-refractivity contribution in [1.29, 1.82) is 0 Å². The zero-order valence-electron chi connectivity index (χ0n) is 23.8. The molecule has 6 heteroatoms. The third-order valence-corrected chi connectivity index (χ3v) is 7.94. The van der Waals surface area contributed by atoms with Gasteiger partial charge in [-0.2, -0.15) is 0 Å². The van der Waals surface area contributed by atoms with Gasteiger partial charge in [-0.3, -0.25) is 0 Å². The third kappa shape index (κ3) is 11.9. The molecule has 0 aromatic heterocycles. The van der Waals surface area contributed by atoms with Crippen LogP contribution in [-0.4, -0.2) is 97.7 Å². The number of aliphatic hydroxyl groups excluding tert-OH is 2. The van der Waals surface area contributed by atoms with Crippen molar-refractivity contribution in [3.8, 4) is 0 Å². The minimum Gasteiger partial charge on any atom is -0.395 e. The summed E-state index contributed by atoms with van der Waals surface area (Å²) >= 11 is 0. The zero-order valence-corrected chi connectivity index (χ0v) is 23.8. The van der Waals surface area contributed by atoms with E-state index in [1.165, 1.54) is 24.0 Å². The first-order valence-corrected chi connectivity index (χ1v) is 14.8. The summed E-state index contributed by atoms with van der Waals surface area (Å²) in [6, 6.07) is 21.1. The predicted octanol–water partition coefficient (Wildman–Crippen LogP) is 3.04. The number of aliphatic hydroxyl groups is 2. The normalized spacial score (nSPS) is 18.2. The third-order valence-electron chi connectivity index (χ3n) is 7.94. The molecule has 2 aromatic rings. The average molecular weight is 525 g/mol. The van der Waals surface area contributed by atoms with Crippen molar-refractivity contribution in [2.24, 2.45) is 11.8 Å². The molecule has 1 aliphatic heterocycles. The van der Waals surface area contributed by atoms with Gasteiger partial charge in [0, 0.05) is 38.3 Å². The standard InChI is InChI=1S/C32H52N4O2/c1-27(23-33-31(25-37)21-29-9-5-3-6-10-29)13-15-35-17-19-36(20-18-35)16-14-28(2)24-34-32(26-38)22-30-11-7-4-8-12-30/h3-12,27-28,31-34,37-38H,13-26H2,1-2H3/t27?,28?,31-,32-/m0/s1. The number of rotatable bonds is 18. The highest BCUT2D eigenvalue weighted by molar-refractivity contribution is 5.16. The first-order chi connectivity index (χ1) is 18.6. The van der Waals surface area contributed by atoms with Gasteiger partial charge in [0.15, 0.2) is 0 Å². The van der Waals surface area contributed by atoms with E-state index in [0.29, 0.717) is 11.8 Å². The molecule has 0 radical (unpaired) electrons. The first-order valence-electron chi connectivity index (χ1n) is 14.8. The molecule has 0 spiro atoms. The van der Waals surface area contributed by atoms with E-state index in [1.54, 1.807) is 0 Å². The Labute approximate surface area is 231 Å². The largest absolute Gasteiger partial charge is 0.395 e. The van der Waals surface area contributed by atoms with Crippen LogP contribution in [0.2, 0.25) is 0 Å². The van der Waals surface area contributed by atoms with Gasteiger partial charge >= 0.3 is 0 Å². The highest BCUT2D eigenvalue weighted by Crippen LogP contribution is 2.11. The van der Waals surface area contributed by atoms with E-state index >= 15 is 0 Å². The van der Waals surface area contributed by atoms with Crippen LogP contribution < -0.4 is 10.6 Å². The first kappa shape index (κ1) is 30.7. The van der Waals surface area contributed by atoms with Gasteiger partial charge in [-0.05, 0) is 74.8 Å². The van der Waals surface area contributed by atoms with Gasteiger partial charge in [-0.1, -0.05) is 74.5 Å². The van der Waals surface area contributed by atoms with Gasteiger partial charge < -0.3 is 30.6 Å². The van der Waals surface area contributed by atoms with Crippen LogP contribution in [0.3, 0.4) is 0 Å². The lowest BCUT2D eigenvalue weighted by Gasteiger charge is -2.35. The predicted molar refractivity (Wildman–Crippen MR) is 158 cm³/mol. The number of hydrogen-bond acceptors (Lipinski definition) is 6. The fourth-order valence-corrected chi connectivity index (χ4v) is 5.18. The molecule has 2 unspecified atom stereocenters. The molecule has 4 N–H and O–H groups in total. The van der Waals surface area contributed by atoms with Gasteiger partial charge in [0.2, 0.25) is 0 Å². The minimum absolute atomic E-state index is 0.124. The van der Waals surface area contributed by atoms with E-state index < -0.39 is 0 Å². The number of hydrogen-bond donors (Lipinski definition) is 4. The van der Waals surface area contributed by atoms with Gasteiger partial charge in [-0.15, -0.1) is 0 Å². The number of piperazine rings is 1. The zero-order chi connectivity index (χ0) is 27.0. The topological polar surface area (TPSA) is 71.0 Å². The van der Waals surface area contributed by atoms with Gasteiger partial charge in [0.1, 0.15) is 0 Å². The van der Waals surface area contributed by atoms with Gasteiger partial charge in [0.05, 0.1) is 13.2 Å². The molecule has 2 aromatic carbocycles. The molecule has 1 heterocycles. The van der Waals surface area contributed by atoms with Crippen LogP contribution in [0.25, 0.3) is 0 Å². The maximum Gasteiger partial charge on any atom is 0.0587 e. The van der Waals surface area contributed by atoms with Crippen LogP contribution >= 0.6 is 0 Å². The molecule has 3 rings (SSSR count). The smallest absolute Gasteiger partial charge is 0.0587 e. The fraction of sp³-hybridized carbons (Fsp3) is 0.625. The van der Waals surface area contributed by atoms with Crippen molar-refractivity contribution in [2.75, 3.05) is 65.6 Å². The van der Waals surface area contributed by atoms with Crippen molar-refractivity contribution in [3.05, 3.63) is 71.8 Å². The van der Waals surface area contributed by atoms with E-state index in [1.807, 2.05) is 12.1 Å². The summed E-state index contributed by atoms with van der Waals surface area (Å²) in [7, 11) is 0. The average Bonchev–Trinajstić information content (AvgIpc) is 2.96. The van der Waals surface area contributed by atoms with Gasteiger partial charge in [-0.25, -0.2) is 0 Å². The summed E-state index contributed by atoms with van der Waals surface area (Å²) in [4.78, 5) is 5.22. The van der Waals surface area contributed by atoms with Crippen molar-refractivity contribution in [1.82, 2.24) is 20.4 Å². The van der Waals surface area contributed by atoms with E-state index in [0.717, 1.165) is 65.2 Å². The lowest BCUT2D eigenvalue weighted by Crippen LogP contribution is -2.47. The SMILES string of the molecule is CC(CCN1CCN(CCC(C)CN[C@H](CO)Cc2ccccc2)CC1)CN[C@H](CO)Cc1ccccc1. The summed E-state index contributed by atoms with van der Waals surface area (Å²) in [6.07, 6.45) is 4.12. The van der Waals surface area contributed by atoms with E-state index in [2.05, 4.69) is 82.8 Å². The maximum absolute atomic E-state index is 9.77. The molecule has 212 valence electrons. The second-order valence-corrected chi connectivity index (χ2v) is 11.4. The van der Waals surface area contributed by atoms with Crippen molar-refractivity contribution in [3.63, 3.8) is 0 Å². The Balaban J connectivity index is 1.23. The highest BCUT2D eigenvalue weighted by Gasteiger charge is 2.19. The summed E-state index contributed by atoms with van der Waals surface area (Å²) in [5.74, 6) is 1.19. The fourth-order valence-electron chi connectivity index (χ4n) is 5.18. The quantitative estimate of drug-likeness (QED) is 0.240. The minimum atomic E-state index is 0.124. The van der Waals surface area contributed by atoms with E-state index in [4.69, 9.17) is 0 Å². The second-order valence-electron chi connectivity index (χ2n) is 11.4. The van der Waals surface area contributed by atoms with Crippen LogP contribution in [0, 0.1) is 11.8 Å². The lowest BCUT2D eigenvalue weighted by molar-refractivity contribution is 0.121. The molecule has 38 heavy (non-hydrogen) atoms. The van der Waals surface area contributed by atoms with Crippen LogP contribution in [0.5, 0.6) is 0 Å². The van der Waals surface area contributed by atoms with E-state index in [9.17, 15) is 10.2 Å². The van der Waals surface area contributed by atoms with Crippen molar-refractivity contribution in [2.45, 2.75) is 51.6 Å². The molecule has 6 nitrogen and oxygen atoms in total. The molecule has 1 aliphatic rings. The second kappa shape index (κ2) is 17.7. The van der Waals surface area contributed by atoms with Crippen LogP contribution in [0.1, 0.15) is 37.8 Å². The van der Waals surface area contributed by atoms with Crippen molar-refractivity contribution >= 4 is 0 Å². The molecular weight excluding hydrogens is 472 g/mol. The lowest BCUT2D eigenvalue weighted by atomic mass is 10.0. The van der Waals surface area contributed by atoms with Crippen LogP contribution in [0.4, 0.5) is 0 Å². The molecular formula is C32H52N4O2. The van der Waals surface area contributed by atoms with Crippen molar-refractivity contribution < 1.29 is 10.2 Å². The molecule has 0 bridgehead atoms. The molecule has 1 fully saturated rings. The molecule has 4 atom stereocenters. The Morgan fingerprint density at radius 3 is 1.34 bits per heavy atom. The maximum atomic E-state index is 9.77. The number of nitrogens with zero attached hydrogens (tertiary/aromatic N) is 2. The van der Waals surface area contributed by atoms with E-state index in [-0.39, 0.29) is 25.3 Å². The van der Waals surface area contributed by atoms with Gasteiger partial charge in [0.25, 0.3) is 0 Å². The molecule has 1 saturated heterocycles. The van der Waals surface area contributed by atoms with Crippen LogP contribution in [0.15, 0.2) is 60.7 Å². The Bertz CT molecular complexity index is 774. The van der Waals surface area contributed by atoms with Crippen LogP contribution in [-0.2, 0) is 12.8 Å². The summed E-state index contributed by atoms with van der Waals surface area (Å²) in [5, 5.41) is 26.7. The number of nitrogens with one attached hydrogen (secondary N) is 2. The Morgan fingerprint density at radius 1 is 0.632 bits per heavy atom. The summed E-state index contributed by atoms with van der Waals surface area (Å²) < 4.78 is 0.